The van der Waals surface area contributed by atoms with Gasteiger partial charge < -0.3 is 5.73 Å². The minimum absolute atomic E-state index is 0.241. The van der Waals surface area contributed by atoms with Crippen LogP contribution in [0.2, 0.25) is 0 Å². The Hall–Kier alpha value is -0.130. The molecule has 3 unspecified atom stereocenters. The summed E-state index contributed by atoms with van der Waals surface area (Å²) >= 11 is 0. The second-order valence-electron chi connectivity index (χ2n) is 5.08. The van der Waals surface area contributed by atoms with Gasteiger partial charge in [-0.15, -0.1) is 0 Å². The Morgan fingerprint density at radius 1 is 1.31 bits per heavy atom. The van der Waals surface area contributed by atoms with Crippen molar-refractivity contribution in [2.75, 3.05) is 19.6 Å². The Morgan fingerprint density at radius 2 is 1.88 bits per heavy atom. The van der Waals surface area contributed by atoms with Crippen molar-refractivity contribution < 1.29 is 8.42 Å². The summed E-state index contributed by atoms with van der Waals surface area (Å²) in [6.45, 7) is 3.61. The number of hydrogen-bond acceptors (Lipinski definition) is 3. The summed E-state index contributed by atoms with van der Waals surface area (Å²) in [4.78, 5) is 0. The smallest absolute Gasteiger partial charge is 0.218 e. The van der Waals surface area contributed by atoms with Crippen molar-refractivity contribution in [3.63, 3.8) is 0 Å². The molecule has 1 heterocycles. The fraction of sp³-hybridized carbons (Fsp3) is 1.00. The Labute approximate surface area is 98.2 Å². The second kappa shape index (κ2) is 4.63. The monoisotopic (exact) mass is 246 g/mol. The number of rotatable bonds is 4. The van der Waals surface area contributed by atoms with Crippen LogP contribution in [-0.4, -0.2) is 37.6 Å². The van der Waals surface area contributed by atoms with Crippen LogP contribution in [0.4, 0.5) is 0 Å². The third-order valence-electron chi connectivity index (χ3n) is 4.19. The molecule has 94 valence electrons. The topological polar surface area (TPSA) is 63.4 Å². The van der Waals surface area contributed by atoms with Crippen LogP contribution < -0.4 is 5.73 Å². The molecule has 1 saturated carbocycles. The molecule has 16 heavy (non-hydrogen) atoms. The highest BCUT2D eigenvalue weighted by Crippen LogP contribution is 2.39. The molecule has 2 fully saturated rings. The second-order valence-corrected chi connectivity index (χ2v) is 7.29. The van der Waals surface area contributed by atoms with Crippen LogP contribution >= 0.6 is 0 Å². The molecule has 3 atom stereocenters. The Morgan fingerprint density at radius 3 is 2.31 bits per heavy atom. The van der Waals surface area contributed by atoms with E-state index in [1.54, 1.807) is 4.31 Å². The van der Waals surface area contributed by atoms with Gasteiger partial charge in [-0.2, -0.15) is 0 Å². The van der Waals surface area contributed by atoms with E-state index < -0.39 is 10.0 Å². The van der Waals surface area contributed by atoms with Crippen molar-refractivity contribution >= 4 is 10.0 Å². The quantitative estimate of drug-likeness (QED) is 0.797. The van der Waals surface area contributed by atoms with E-state index in [0.717, 1.165) is 13.1 Å². The zero-order valence-electron chi connectivity index (χ0n) is 9.93. The minimum atomic E-state index is -3.13. The van der Waals surface area contributed by atoms with Crippen LogP contribution in [0.25, 0.3) is 0 Å². The van der Waals surface area contributed by atoms with Crippen LogP contribution in [0.3, 0.4) is 0 Å². The number of nitrogens with zero attached hydrogens (tertiary/aromatic N) is 1. The van der Waals surface area contributed by atoms with Crippen LogP contribution in [0.15, 0.2) is 0 Å². The third-order valence-corrected chi connectivity index (χ3v) is 6.58. The lowest BCUT2D eigenvalue weighted by Gasteiger charge is -2.22. The number of sulfonamides is 1. The minimum Gasteiger partial charge on any atom is -0.329 e. The molecule has 2 N–H and O–H groups in total. The first-order chi connectivity index (χ1) is 7.59. The molecule has 2 rings (SSSR count). The molecular formula is C11H22N2O2S. The lowest BCUT2D eigenvalue weighted by molar-refractivity contribution is 0.434. The van der Waals surface area contributed by atoms with Crippen LogP contribution in [0, 0.1) is 11.8 Å². The zero-order chi connectivity index (χ0) is 11.8. The zero-order valence-corrected chi connectivity index (χ0v) is 10.7. The average molecular weight is 246 g/mol. The average Bonchev–Trinajstić information content (AvgIpc) is 2.77. The summed E-state index contributed by atoms with van der Waals surface area (Å²) in [6.07, 6.45) is 4.30. The van der Waals surface area contributed by atoms with E-state index in [1.807, 2.05) is 6.92 Å². The van der Waals surface area contributed by atoms with Gasteiger partial charge in [-0.25, -0.2) is 12.7 Å². The fourth-order valence-electron chi connectivity index (χ4n) is 3.11. The first-order valence-corrected chi connectivity index (χ1v) is 7.79. The summed E-state index contributed by atoms with van der Waals surface area (Å²) in [5.74, 6) is 1.23. The molecule has 0 aromatic heterocycles. The standard InChI is InChI=1S/C11H22N2O2S/c1-2-11(6-12)16(14,15)13-7-9-4-3-5-10(9)8-13/h9-11H,2-8,12H2,1H3. The lowest BCUT2D eigenvalue weighted by Crippen LogP contribution is -2.41. The summed E-state index contributed by atoms with van der Waals surface area (Å²) in [5, 5.41) is -0.383. The summed E-state index contributed by atoms with van der Waals surface area (Å²) < 4.78 is 26.2. The van der Waals surface area contributed by atoms with E-state index >= 15 is 0 Å². The summed E-state index contributed by atoms with van der Waals surface area (Å²) in [7, 11) is -3.13. The third kappa shape index (κ3) is 2.00. The van der Waals surface area contributed by atoms with E-state index in [1.165, 1.54) is 19.3 Å². The molecule has 0 spiro atoms. The lowest BCUT2D eigenvalue weighted by atomic mass is 10.0. The van der Waals surface area contributed by atoms with Crippen molar-refractivity contribution in [2.24, 2.45) is 17.6 Å². The molecule has 2 aliphatic rings. The number of fused-ring (bicyclic) bond motifs is 1. The van der Waals surface area contributed by atoms with Crippen LogP contribution in [0.5, 0.6) is 0 Å². The van der Waals surface area contributed by atoms with E-state index in [4.69, 9.17) is 5.73 Å². The highest BCUT2D eigenvalue weighted by molar-refractivity contribution is 7.89. The predicted octanol–water partition coefficient (Wildman–Crippen LogP) is 0.785. The van der Waals surface area contributed by atoms with Crippen molar-refractivity contribution in [1.82, 2.24) is 4.31 Å². The van der Waals surface area contributed by atoms with Gasteiger partial charge >= 0.3 is 0 Å². The van der Waals surface area contributed by atoms with Gasteiger partial charge in [0.05, 0.1) is 5.25 Å². The van der Waals surface area contributed by atoms with E-state index in [0.29, 0.717) is 18.3 Å². The van der Waals surface area contributed by atoms with Crippen molar-refractivity contribution in [3.05, 3.63) is 0 Å². The molecule has 0 amide bonds. The maximum absolute atomic E-state index is 12.3. The SMILES string of the molecule is CCC(CN)S(=O)(=O)N1CC2CCCC2C1. The molecular weight excluding hydrogens is 224 g/mol. The van der Waals surface area contributed by atoms with Gasteiger partial charge in [0, 0.05) is 19.6 Å². The molecule has 1 aliphatic carbocycles. The Balaban J connectivity index is 2.08. The predicted molar refractivity (Wildman–Crippen MR) is 64.5 cm³/mol. The van der Waals surface area contributed by atoms with E-state index in [9.17, 15) is 8.42 Å². The van der Waals surface area contributed by atoms with Gasteiger partial charge in [-0.05, 0) is 31.1 Å². The first kappa shape index (κ1) is 12.3. The highest BCUT2D eigenvalue weighted by Gasteiger charge is 2.42. The molecule has 4 nitrogen and oxygen atoms in total. The van der Waals surface area contributed by atoms with Gasteiger partial charge in [0.15, 0.2) is 0 Å². The van der Waals surface area contributed by atoms with E-state index in [2.05, 4.69) is 0 Å². The first-order valence-electron chi connectivity index (χ1n) is 6.28. The molecule has 0 aromatic rings. The summed E-state index contributed by atoms with van der Waals surface area (Å²) in [6, 6.07) is 0. The van der Waals surface area contributed by atoms with Gasteiger partial charge in [0.2, 0.25) is 10.0 Å². The molecule has 1 aliphatic heterocycles. The molecule has 1 saturated heterocycles. The Kier molecular flexibility index (Phi) is 3.56. The normalized spacial score (nSPS) is 32.9. The van der Waals surface area contributed by atoms with Crippen molar-refractivity contribution in [2.45, 2.75) is 37.9 Å². The molecule has 0 bridgehead atoms. The number of nitrogens with two attached hydrogens (primary N) is 1. The molecule has 0 aromatic carbocycles. The molecule has 5 heteroatoms. The maximum atomic E-state index is 12.3. The summed E-state index contributed by atoms with van der Waals surface area (Å²) in [5.41, 5.74) is 5.55. The number of hydrogen-bond donors (Lipinski definition) is 1. The maximum Gasteiger partial charge on any atom is 0.218 e. The highest BCUT2D eigenvalue weighted by atomic mass is 32.2. The van der Waals surface area contributed by atoms with Crippen molar-refractivity contribution in [3.8, 4) is 0 Å². The van der Waals surface area contributed by atoms with Gasteiger partial charge in [-0.3, -0.25) is 0 Å². The largest absolute Gasteiger partial charge is 0.329 e. The van der Waals surface area contributed by atoms with Gasteiger partial charge in [-0.1, -0.05) is 13.3 Å². The van der Waals surface area contributed by atoms with Gasteiger partial charge in [0.25, 0.3) is 0 Å². The van der Waals surface area contributed by atoms with Crippen LogP contribution in [0.1, 0.15) is 32.6 Å². The van der Waals surface area contributed by atoms with Crippen LogP contribution in [-0.2, 0) is 10.0 Å². The molecule has 0 radical (unpaired) electrons. The van der Waals surface area contributed by atoms with Crippen molar-refractivity contribution in [1.29, 1.82) is 0 Å². The fourth-order valence-corrected chi connectivity index (χ4v) is 4.99. The Bertz CT molecular complexity index is 326. The van der Waals surface area contributed by atoms with Gasteiger partial charge in [0.1, 0.15) is 0 Å². The van der Waals surface area contributed by atoms with E-state index in [-0.39, 0.29) is 11.8 Å².